The first-order chi connectivity index (χ1) is 13.2. The minimum atomic E-state index is -0.210. The third-order valence-electron chi connectivity index (χ3n) is 3.90. The second-order valence-electron chi connectivity index (χ2n) is 5.83. The molecule has 0 unspecified atom stereocenters. The summed E-state index contributed by atoms with van der Waals surface area (Å²) in [6, 6.07) is 23.2. The molecule has 1 N–H and O–H groups in total. The molecule has 1 amide bonds. The molecule has 6 heteroatoms. The number of thiazole rings is 1. The quantitative estimate of drug-likeness (QED) is 0.431. The monoisotopic (exact) mass is 438 g/mol. The summed E-state index contributed by atoms with van der Waals surface area (Å²) in [6.07, 6.45) is 0. The van der Waals surface area contributed by atoms with E-state index < -0.39 is 0 Å². The molecule has 1 aromatic heterocycles. The third kappa shape index (κ3) is 4.18. The molecular formula is C21H15BrN2O2S. The predicted octanol–water partition coefficient (Wildman–Crippen LogP) is 5.74. The number of amides is 1. The van der Waals surface area contributed by atoms with Crippen LogP contribution in [0.15, 0.2) is 77.3 Å². The van der Waals surface area contributed by atoms with Crippen LogP contribution in [0.5, 0.6) is 5.75 Å². The van der Waals surface area contributed by atoms with Gasteiger partial charge in [-0.05, 0) is 64.5 Å². The van der Waals surface area contributed by atoms with Crippen LogP contribution >= 0.6 is 27.3 Å². The Morgan fingerprint density at radius 3 is 2.52 bits per heavy atom. The lowest BCUT2D eigenvalue weighted by Gasteiger charge is -2.09. The van der Waals surface area contributed by atoms with Crippen LogP contribution in [0.4, 0.5) is 5.69 Å². The summed E-state index contributed by atoms with van der Waals surface area (Å²) in [4.78, 5) is 16.8. The second-order valence-corrected chi connectivity index (χ2v) is 7.72. The van der Waals surface area contributed by atoms with E-state index in [4.69, 9.17) is 4.74 Å². The van der Waals surface area contributed by atoms with E-state index in [1.165, 1.54) is 0 Å². The highest BCUT2D eigenvalue weighted by Crippen LogP contribution is 2.30. The zero-order chi connectivity index (χ0) is 18.6. The topological polar surface area (TPSA) is 51.2 Å². The number of carbonyl (C=O) groups excluding carboxylic acids is 1. The van der Waals surface area contributed by atoms with Crippen molar-refractivity contribution >= 4 is 49.1 Å². The van der Waals surface area contributed by atoms with Crippen molar-refractivity contribution in [3.63, 3.8) is 0 Å². The van der Waals surface area contributed by atoms with Crippen LogP contribution in [0.3, 0.4) is 0 Å². The van der Waals surface area contributed by atoms with Crippen LogP contribution < -0.4 is 10.1 Å². The maximum Gasteiger partial charge on any atom is 0.262 e. The number of nitrogens with one attached hydrogen (secondary N) is 1. The van der Waals surface area contributed by atoms with Crippen molar-refractivity contribution in [2.45, 2.75) is 0 Å². The Bertz CT molecular complexity index is 1060. The van der Waals surface area contributed by atoms with Gasteiger partial charge in [0.1, 0.15) is 10.8 Å². The number of hydrogen-bond donors (Lipinski definition) is 1. The average molecular weight is 439 g/mol. The Kier molecular flexibility index (Phi) is 5.18. The van der Waals surface area contributed by atoms with Gasteiger partial charge >= 0.3 is 0 Å². The number of rotatable bonds is 5. The molecule has 134 valence electrons. The van der Waals surface area contributed by atoms with Crippen LogP contribution in [0.1, 0.15) is 0 Å². The summed E-state index contributed by atoms with van der Waals surface area (Å²) in [5.74, 6) is 0.428. The number of para-hydroxylation sites is 2. The zero-order valence-electron chi connectivity index (χ0n) is 14.2. The third-order valence-corrected chi connectivity index (χ3v) is 5.65. The number of ether oxygens (including phenoxy) is 1. The van der Waals surface area contributed by atoms with Crippen molar-refractivity contribution < 1.29 is 9.53 Å². The molecule has 0 radical (unpaired) electrons. The molecular weight excluding hydrogens is 424 g/mol. The highest BCUT2D eigenvalue weighted by Gasteiger charge is 2.08. The smallest absolute Gasteiger partial charge is 0.262 e. The van der Waals surface area contributed by atoms with E-state index in [1.54, 1.807) is 11.3 Å². The molecule has 0 saturated carbocycles. The lowest BCUT2D eigenvalue weighted by molar-refractivity contribution is -0.118. The molecule has 0 aliphatic carbocycles. The number of carbonyl (C=O) groups is 1. The van der Waals surface area contributed by atoms with Crippen molar-refractivity contribution in [2.24, 2.45) is 0 Å². The van der Waals surface area contributed by atoms with Crippen LogP contribution in [0.25, 0.3) is 20.8 Å². The number of anilines is 1. The van der Waals surface area contributed by atoms with Gasteiger partial charge in [-0.2, -0.15) is 0 Å². The zero-order valence-corrected chi connectivity index (χ0v) is 16.6. The van der Waals surface area contributed by atoms with E-state index in [0.29, 0.717) is 5.75 Å². The van der Waals surface area contributed by atoms with Crippen LogP contribution in [-0.4, -0.2) is 17.5 Å². The normalized spacial score (nSPS) is 10.7. The Labute approximate surface area is 169 Å². The molecule has 1 heterocycles. The van der Waals surface area contributed by atoms with Crippen molar-refractivity contribution in [3.8, 4) is 16.3 Å². The summed E-state index contributed by atoms with van der Waals surface area (Å²) >= 11 is 5.05. The first-order valence-electron chi connectivity index (χ1n) is 8.32. The largest absolute Gasteiger partial charge is 0.483 e. The molecule has 4 rings (SSSR count). The molecule has 0 spiro atoms. The van der Waals surface area contributed by atoms with Gasteiger partial charge in [0.15, 0.2) is 6.61 Å². The van der Waals surface area contributed by atoms with E-state index in [2.05, 4.69) is 32.3 Å². The van der Waals surface area contributed by atoms with Gasteiger partial charge in [-0.1, -0.05) is 24.3 Å². The summed E-state index contributed by atoms with van der Waals surface area (Å²) in [5, 5.41) is 3.80. The Morgan fingerprint density at radius 1 is 1.00 bits per heavy atom. The molecule has 0 bridgehead atoms. The number of benzene rings is 3. The minimum absolute atomic E-state index is 0.0533. The number of halogens is 1. The Balaban J connectivity index is 1.40. The standard InChI is InChI=1S/C21H15BrN2O2S/c22-16-5-1-3-7-18(16)26-13-20(25)23-15-11-9-14(10-12-15)21-24-17-6-2-4-8-19(17)27-21/h1-12H,13H2,(H,23,25). The van der Waals surface area contributed by atoms with Gasteiger partial charge in [0.25, 0.3) is 5.91 Å². The molecule has 0 atom stereocenters. The summed E-state index contributed by atoms with van der Waals surface area (Å²) < 4.78 is 7.51. The van der Waals surface area contributed by atoms with Gasteiger partial charge in [-0.25, -0.2) is 4.98 Å². The fourth-order valence-corrected chi connectivity index (χ4v) is 3.96. The van der Waals surface area contributed by atoms with E-state index in [9.17, 15) is 4.79 Å². The van der Waals surface area contributed by atoms with Gasteiger partial charge in [0.05, 0.1) is 14.7 Å². The maximum atomic E-state index is 12.1. The van der Waals surface area contributed by atoms with Crippen LogP contribution in [0, 0.1) is 0 Å². The molecule has 27 heavy (non-hydrogen) atoms. The van der Waals surface area contributed by atoms with Crippen LogP contribution in [-0.2, 0) is 4.79 Å². The highest BCUT2D eigenvalue weighted by molar-refractivity contribution is 9.10. The van der Waals surface area contributed by atoms with Gasteiger partial charge in [0.2, 0.25) is 0 Å². The molecule has 4 aromatic rings. The molecule has 3 aromatic carbocycles. The SMILES string of the molecule is O=C(COc1ccccc1Br)Nc1ccc(-c2nc3ccccc3s2)cc1. The number of nitrogens with zero attached hydrogens (tertiary/aromatic N) is 1. The number of hydrogen-bond acceptors (Lipinski definition) is 4. The summed E-state index contributed by atoms with van der Waals surface area (Å²) in [7, 11) is 0. The Hall–Kier alpha value is -2.70. The summed E-state index contributed by atoms with van der Waals surface area (Å²) in [5.41, 5.74) is 2.75. The van der Waals surface area contributed by atoms with Gasteiger partial charge in [0, 0.05) is 11.3 Å². The summed E-state index contributed by atoms with van der Waals surface area (Å²) in [6.45, 7) is -0.0533. The predicted molar refractivity (Wildman–Crippen MR) is 113 cm³/mol. The van der Waals surface area contributed by atoms with Gasteiger partial charge in [-0.3, -0.25) is 4.79 Å². The van der Waals surface area contributed by atoms with E-state index in [-0.39, 0.29) is 12.5 Å². The molecule has 0 aliphatic rings. The van der Waals surface area contributed by atoms with Crippen molar-refractivity contribution in [1.29, 1.82) is 0 Å². The van der Waals surface area contributed by atoms with Crippen molar-refractivity contribution in [2.75, 3.05) is 11.9 Å². The number of fused-ring (bicyclic) bond motifs is 1. The van der Waals surface area contributed by atoms with Gasteiger partial charge in [-0.15, -0.1) is 11.3 Å². The maximum absolute atomic E-state index is 12.1. The van der Waals surface area contributed by atoms with E-state index in [0.717, 1.165) is 30.9 Å². The van der Waals surface area contributed by atoms with E-state index >= 15 is 0 Å². The second kappa shape index (κ2) is 7.90. The van der Waals surface area contributed by atoms with E-state index in [1.807, 2.05) is 66.7 Å². The minimum Gasteiger partial charge on any atom is -0.483 e. The van der Waals surface area contributed by atoms with Crippen LogP contribution in [0.2, 0.25) is 0 Å². The molecule has 0 aliphatic heterocycles. The van der Waals surface area contributed by atoms with Crippen molar-refractivity contribution in [3.05, 3.63) is 77.3 Å². The first-order valence-corrected chi connectivity index (χ1v) is 9.93. The first kappa shape index (κ1) is 17.7. The molecule has 0 fully saturated rings. The highest BCUT2D eigenvalue weighted by atomic mass is 79.9. The lowest BCUT2D eigenvalue weighted by atomic mass is 10.2. The lowest BCUT2D eigenvalue weighted by Crippen LogP contribution is -2.20. The van der Waals surface area contributed by atoms with Gasteiger partial charge < -0.3 is 10.1 Å². The molecule has 4 nitrogen and oxygen atoms in total. The number of aromatic nitrogens is 1. The fraction of sp³-hybridized carbons (Fsp3) is 0.0476. The fourth-order valence-electron chi connectivity index (χ4n) is 2.59. The Morgan fingerprint density at radius 2 is 1.74 bits per heavy atom. The average Bonchev–Trinajstić information content (AvgIpc) is 3.12. The van der Waals surface area contributed by atoms with Crippen molar-refractivity contribution in [1.82, 2.24) is 4.98 Å². The molecule has 0 saturated heterocycles.